The molecule has 1 aliphatic heterocycles. The highest BCUT2D eigenvalue weighted by atomic mass is 32.2. The van der Waals surface area contributed by atoms with Crippen LogP contribution in [0.2, 0.25) is 0 Å². The molecule has 0 radical (unpaired) electrons. The van der Waals surface area contributed by atoms with Crippen molar-refractivity contribution in [1.82, 2.24) is 4.98 Å². The minimum Gasteiger partial charge on any atom is -0.356 e. The Hall–Kier alpha value is -1.21. The van der Waals surface area contributed by atoms with Gasteiger partial charge in [0.15, 0.2) is 0 Å². The molecule has 1 aromatic rings. The largest absolute Gasteiger partial charge is 0.356 e. The lowest BCUT2D eigenvalue weighted by Gasteiger charge is -2.23. The Balaban J connectivity index is 2.09. The van der Waals surface area contributed by atoms with E-state index in [-0.39, 0.29) is 0 Å². The summed E-state index contributed by atoms with van der Waals surface area (Å²) in [5.74, 6) is 2.12. The number of anilines is 1. The number of pyridine rings is 1. The summed E-state index contributed by atoms with van der Waals surface area (Å²) < 4.78 is 0.362. The standard InChI is InChI=1S/C13H17N3S/c1-13(2)5-6-16(7-8-17-13)12-4-3-11(9-14)10-15-12/h3-4,10H,5-8H2,1-2H3. The average molecular weight is 247 g/mol. The van der Waals surface area contributed by atoms with Crippen LogP contribution in [-0.2, 0) is 0 Å². The molecule has 2 heterocycles. The summed E-state index contributed by atoms with van der Waals surface area (Å²) in [5.41, 5.74) is 0.623. The summed E-state index contributed by atoms with van der Waals surface area (Å²) in [6.07, 6.45) is 2.82. The van der Waals surface area contributed by atoms with E-state index in [2.05, 4.69) is 29.8 Å². The number of hydrogen-bond acceptors (Lipinski definition) is 4. The van der Waals surface area contributed by atoms with Gasteiger partial charge in [-0.2, -0.15) is 17.0 Å². The number of hydrogen-bond donors (Lipinski definition) is 0. The normalized spacial score (nSPS) is 19.5. The number of rotatable bonds is 1. The van der Waals surface area contributed by atoms with Crippen molar-refractivity contribution in [3.05, 3.63) is 23.9 Å². The zero-order valence-corrected chi connectivity index (χ0v) is 11.1. The fourth-order valence-electron chi connectivity index (χ4n) is 1.89. The Morgan fingerprint density at radius 1 is 1.41 bits per heavy atom. The SMILES string of the molecule is CC1(C)CCN(c2ccc(C#N)cn2)CCS1. The second-order valence-electron chi connectivity index (χ2n) is 4.86. The van der Waals surface area contributed by atoms with Crippen molar-refractivity contribution in [3.63, 3.8) is 0 Å². The van der Waals surface area contributed by atoms with Crippen LogP contribution < -0.4 is 4.90 Å². The van der Waals surface area contributed by atoms with Crippen LogP contribution >= 0.6 is 11.8 Å². The van der Waals surface area contributed by atoms with E-state index < -0.39 is 0 Å². The van der Waals surface area contributed by atoms with E-state index in [1.165, 1.54) is 6.42 Å². The second kappa shape index (κ2) is 4.97. The van der Waals surface area contributed by atoms with E-state index in [0.29, 0.717) is 10.3 Å². The zero-order chi connectivity index (χ0) is 12.3. The van der Waals surface area contributed by atoms with Crippen LogP contribution in [0.5, 0.6) is 0 Å². The lowest BCUT2D eigenvalue weighted by Crippen LogP contribution is -2.27. The van der Waals surface area contributed by atoms with Crippen LogP contribution in [0.3, 0.4) is 0 Å². The summed E-state index contributed by atoms with van der Waals surface area (Å²) >= 11 is 2.03. The van der Waals surface area contributed by atoms with Crippen molar-refractivity contribution in [1.29, 1.82) is 5.26 Å². The van der Waals surface area contributed by atoms with Crippen molar-refractivity contribution in [2.45, 2.75) is 25.0 Å². The Bertz CT molecular complexity index is 419. The Morgan fingerprint density at radius 3 is 2.88 bits per heavy atom. The van der Waals surface area contributed by atoms with Crippen LogP contribution in [0.15, 0.2) is 18.3 Å². The molecule has 0 spiro atoms. The van der Waals surface area contributed by atoms with Crippen LogP contribution in [0, 0.1) is 11.3 Å². The second-order valence-corrected chi connectivity index (χ2v) is 6.66. The summed E-state index contributed by atoms with van der Waals surface area (Å²) in [7, 11) is 0. The lowest BCUT2D eigenvalue weighted by atomic mass is 10.1. The highest BCUT2D eigenvalue weighted by molar-refractivity contribution is 8.00. The predicted molar refractivity (Wildman–Crippen MR) is 72.3 cm³/mol. The number of thioether (sulfide) groups is 1. The maximum Gasteiger partial charge on any atom is 0.128 e. The molecule has 90 valence electrons. The maximum absolute atomic E-state index is 8.75. The lowest BCUT2D eigenvalue weighted by molar-refractivity contribution is 0.635. The third-order valence-corrected chi connectivity index (χ3v) is 4.41. The summed E-state index contributed by atoms with van der Waals surface area (Å²) in [4.78, 5) is 6.67. The van der Waals surface area contributed by atoms with Crippen LogP contribution in [0.25, 0.3) is 0 Å². The first-order valence-electron chi connectivity index (χ1n) is 5.86. The fourth-order valence-corrected chi connectivity index (χ4v) is 2.99. The maximum atomic E-state index is 8.75. The van der Waals surface area contributed by atoms with E-state index >= 15 is 0 Å². The third-order valence-electron chi connectivity index (χ3n) is 3.04. The molecule has 0 aliphatic carbocycles. The van der Waals surface area contributed by atoms with Crippen molar-refractivity contribution in [3.8, 4) is 6.07 Å². The van der Waals surface area contributed by atoms with Gasteiger partial charge < -0.3 is 4.90 Å². The van der Waals surface area contributed by atoms with Gasteiger partial charge in [-0.25, -0.2) is 4.98 Å². The van der Waals surface area contributed by atoms with Gasteiger partial charge in [0.25, 0.3) is 0 Å². The van der Waals surface area contributed by atoms with Gasteiger partial charge in [0, 0.05) is 29.8 Å². The highest BCUT2D eigenvalue weighted by Gasteiger charge is 2.24. The topological polar surface area (TPSA) is 39.9 Å². The molecule has 0 amide bonds. The molecule has 4 heteroatoms. The van der Waals surface area contributed by atoms with E-state index in [4.69, 9.17) is 5.26 Å². The molecule has 1 fully saturated rings. The molecule has 0 atom stereocenters. The summed E-state index contributed by atoms with van der Waals surface area (Å²) in [6, 6.07) is 5.88. The quantitative estimate of drug-likeness (QED) is 0.765. The highest BCUT2D eigenvalue weighted by Crippen LogP contribution is 2.31. The Morgan fingerprint density at radius 2 is 2.24 bits per heavy atom. The molecule has 1 aliphatic rings. The van der Waals surface area contributed by atoms with Gasteiger partial charge in [-0.3, -0.25) is 0 Å². The van der Waals surface area contributed by atoms with Gasteiger partial charge in [0.05, 0.1) is 5.56 Å². The van der Waals surface area contributed by atoms with E-state index in [0.717, 1.165) is 24.7 Å². The van der Waals surface area contributed by atoms with Crippen LogP contribution in [-0.4, -0.2) is 28.6 Å². The number of aromatic nitrogens is 1. The minimum absolute atomic E-state index is 0.362. The van der Waals surface area contributed by atoms with Gasteiger partial charge in [0.2, 0.25) is 0 Å². The Kier molecular flexibility index (Phi) is 3.58. The molecule has 17 heavy (non-hydrogen) atoms. The molecule has 2 rings (SSSR count). The molecule has 0 unspecified atom stereocenters. The summed E-state index contributed by atoms with van der Waals surface area (Å²) in [6.45, 7) is 6.67. The monoisotopic (exact) mass is 247 g/mol. The van der Waals surface area contributed by atoms with Crippen LogP contribution in [0.1, 0.15) is 25.8 Å². The molecule has 1 saturated heterocycles. The first-order valence-corrected chi connectivity index (χ1v) is 6.84. The van der Waals surface area contributed by atoms with E-state index in [1.54, 1.807) is 6.20 Å². The Labute approximate surface area is 107 Å². The molecular formula is C13H17N3S. The van der Waals surface area contributed by atoms with Gasteiger partial charge in [-0.15, -0.1) is 0 Å². The van der Waals surface area contributed by atoms with Crippen LogP contribution in [0.4, 0.5) is 5.82 Å². The molecule has 0 N–H and O–H groups in total. The van der Waals surface area contributed by atoms with Crippen molar-refractivity contribution in [2.24, 2.45) is 0 Å². The zero-order valence-electron chi connectivity index (χ0n) is 10.3. The van der Waals surface area contributed by atoms with Gasteiger partial charge in [0.1, 0.15) is 11.9 Å². The molecule has 0 saturated carbocycles. The van der Waals surface area contributed by atoms with Crippen molar-refractivity contribution in [2.75, 3.05) is 23.7 Å². The smallest absolute Gasteiger partial charge is 0.128 e. The molecule has 0 bridgehead atoms. The van der Waals surface area contributed by atoms with Gasteiger partial charge >= 0.3 is 0 Å². The molecule has 1 aromatic heterocycles. The predicted octanol–water partition coefficient (Wildman–Crippen LogP) is 2.68. The van der Waals surface area contributed by atoms with E-state index in [1.807, 2.05) is 23.9 Å². The molecule has 3 nitrogen and oxygen atoms in total. The average Bonchev–Trinajstić information content (AvgIpc) is 2.50. The van der Waals surface area contributed by atoms with Gasteiger partial charge in [-0.1, -0.05) is 13.8 Å². The van der Waals surface area contributed by atoms with Crippen molar-refractivity contribution < 1.29 is 0 Å². The third kappa shape index (κ3) is 3.13. The number of nitrogens with zero attached hydrogens (tertiary/aromatic N) is 3. The first-order chi connectivity index (χ1) is 8.11. The van der Waals surface area contributed by atoms with Crippen molar-refractivity contribution >= 4 is 17.6 Å². The molecule has 0 aromatic carbocycles. The van der Waals surface area contributed by atoms with Gasteiger partial charge in [-0.05, 0) is 18.6 Å². The summed E-state index contributed by atoms with van der Waals surface area (Å²) in [5, 5.41) is 8.75. The number of nitriles is 1. The first kappa shape index (κ1) is 12.3. The van der Waals surface area contributed by atoms with E-state index in [9.17, 15) is 0 Å². The molecular weight excluding hydrogens is 230 g/mol. The fraction of sp³-hybridized carbons (Fsp3) is 0.538. The minimum atomic E-state index is 0.362.